The Morgan fingerprint density at radius 1 is 0.862 bits per heavy atom. The van der Waals surface area contributed by atoms with Crippen LogP contribution in [0.2, 0.25) is 0 Å². The zero-order valence-corrected chi connectivity index (χ0v) is 22.0. The first-order valence-corrected chi connectivity index (χ1v) is 13.4. The summed E-state index contributed by atoms with van der Waals surface area (Å²) >= 11 is 6.74. The van der Waals surface area contributed by atoms with Crippen LogP contribution in [0.1, 0.15) is 51.8 Å². The predicted molar refractivity (Wildman–Crippen MR) is 132 cm³/mol. The van der Waals surface area contributed by atoms with Crippen LogP contribution in [0, 0.1) is 11.8 Å². The SMILES string of the molecule is CC(C)CBr.CC(C)CN(C(C)c1ccc(Br)cc1)S(=O)(=O)Cc1ccccc1. The Morgan fingerprint density at radius 3 is 1.83 bits per heavy atom. The van der Waals surface area contributed by atoms with E-state index in [0.717, 1.165) is 26.8 Å². The maximum absolute atomic E-state index is 13.0. The lowest BCUT2D eigenvalue weighted by Gasteiger charge is -2.30. The molecule has 6 heteroatoms. The van der Waals surface area contributed by atoms with E-state index in [-0.39, 0.29) is 17.7 Å². The summed E-state index contributed by atoms with van der Waals surface area (Å²) in [5.41, 5.74) is 1.81. The lowest BCUT2D eigenvalue weighted by molar-refractivity contribution is 0.308. The van der Waals surface area contributed by atoms with E-state index in [9.17, 15) is 8.42 Å². The molecule has 0 aromatic heterocycles. The molecule has 2 rings (SSSR count). The molecule has 0 aliphatic rings. The van der Waals surface area contributed by atoms with Crippen LogP contribution >= 0.6 is 31.9 Å². The van der Waals surface area contributed by atoms with Gasteiger partial charge in [-0.05, 0) is 42.0 Å². The molecule has 0 spiro atoms. The van der Waals surface area contributed by atoms with E-state index in [1.807, 2.05) is 75.4 Å². The van der Waals surface area contributed by atoms with Crippen molar-refractivity contribution in [2.24, 2.45) is 11.8 Å². The first-order valence-electron chi connectivity index (χ1n) is 9.91. The normalized spacial score (nSPS) is 12.8. The van der Waals surface area contributed by atoms with Crippen molar-refractivity contribution in [3.63, 3.8) is 0 Å². The van der Waals surface area contributed by atoms with E-state index < -0.39 is 10.0 Å². The van der Waals surface area contributed by atoms with E-state index in [1.165, 1.54) is 0 Å². The van der Waals surface area contributed by atoms with Gasteiger partial charge in [0, 0.05) is 22.4 Å². The van der Waals surface area contributed by atoms with E-state index in [1.54, 1.807) is 4.31 Å². The van der Waals surface area contributed by atoms with Crippen molar-refractivity contribution in [1.82, 2.24) is 4.31 Å². The topological polar surface area (TPSA) is 37.4 Å². The van der Waals surface area contributed by atoms with Gasteiger partial charge in [0.2, 0.25) is 10.0 Å². The van der Waals surface area contributed by atoms with Crippen molar-refractivity contribution >= 4 is 41.9 Å². The minimum atomic E-state index is -3.41. The molecule has 0 radical (unpaired) electrons. The van der Waals surface area contributed by atoms with E-state index >= 15 is 0 Å². The fourth-order valence-electron chi connectivity index (χ4n) is 2.65. The minimum Gasteiger partial charge on any atom is -0.212 e. The molecule has 0 amide bonds. The summed E-state index contributed by atoms with van der Waals surface area (Å²) in [6, 6.07) is 17.0. The third-order valence-electron chi connectivity index (χ3n) is 4.19. The number of hydrogen-bond donors (Lipinski definition) is 0. The molecule has 3 nitrogen and oxygen atoms in total. The molecule has 1 unspecified atom stereocenters. The molecule has 0 N–H and O–H groups in total. The molecule has 0 aliphatic heterocycles. The van der Waals surface area contributed by atoms with Gasteiger partial charge in [-0.15, -0.1) is 0 Å². The van der Waals surface area contributed by atoms with Crippen LogP contribution in [0.4, 0.5) is 0 Å². The summed E-state index contributed by atoms with van der Waals surface area (Å²) < 4.78 is 28.7. The van der Waals surface area contributed by atoms with Crippen molar-refractivity contribution in [2.75, 3.05) is 11.9 Å². The zero-order chi connectivity index (χ0) is 22.0. The van der Waals surface area contributed by atoms with Gasteiger partial charge in [0.1, 0.15) is 0 Å². The number of benzene rings is 2. The molecule has 0 heterocycles. The molecule has 0 saturated carbocycles. The van der Waals surface area contributed by atoms with Gasteiger partial charge in [0.05, 0.1) is 5.75 Å². The van der Waals surface area contributed by atoms with Gasteiger partial charge in [-0.1, -0.05) is 102 Å². The molecular weight excluding hydrogens is 514 g/mol. The second-order valence-corrected chi connectivity index (χ2v) is 11.5. The highest BCUT2D eigenvalue weighted by atomic mass is 79.9. The molecule has 2 aromatic rings. The second-order valence-electron chi connectivity index (χ2n) is 7.98. The van der Waals surface area contributed by atoms with Crippen molar-refractivity contribution in [3.8, 4) is 0 Å². The van der Waals surface area contributed by atoms with Crippen molar-refractivity contribution < 1.29 is 8.42 Å². The Kier molecular flexibility index (Phi) is 11.7. The highest BCUT2D eigenvalue weighted by molar-refractivity contribution is 9.10. The van der Waals surface area contributed by atoms with Crippen LogP contribution < -0.4 is 0 Å². The van der Waals surface area contributed by atoms with Crippen LogP contribution in [0.15, 0.2) is 59.1 Å². The second kappa shape index (κ2) is 12.9. The fourth-order valence-corrected chi connectivity index (χ4v) is 4.82. The largest absolute Gasteiger partial charge is 0.218 e. The Bertz CT molecular complexity index is 807. The van der Waals surface area contributed by atoms with Gasteiger partial charge in [-0.3, -0.25) is 0 Å². The van der Waals surface area contributed by atoms with E-state index in [0.29, 0.717) is 6.54 Å². The van der Waals surface area contributed by atoms with Crippen molar-refractivity contribution in [3.05, 3.63) is 70.2 Å². The number of sulfonamides is 1. The summed E-state index contributed by atoms with van der Waals surface area (Å²) in [5.74, 6) is 1.09. The molecule has 29 heavy (non-hydrogen) atoms. The lowest BCUT2D eigenvalue weighted by atomic mass is 10.1. The molecule has 162 valence electrons. The minimum absolute atomic E-state index is 0.0292. The standard InChI is InChI=1S/C19H24BrNO2S.C4H9Br/c1-15(2)13-21(16(3)18-9-11-19(20)12-10-18)24(22,23)14-17-7-5-4-6-8-17;1-4(2)3-5/h4-12,15-16H,13-14H2,1-3H3;4H,3H2,1-2H3. The van der Waals surface area contributed by atoms with Crippen molar-refractivity contribution in [1.29, 1.82) is 0 Å². The molecule has 1 atom stereocenters. The summed E-state index contributed by atoms with van der Waals surface area (Å²) in [6.07, 6.45) is 0. The van der Waals surface area contributed by atoms with Crippen LogP contribution in [0.3, 0.4) is 0 Å². The third-order valence-corrected chi connectivity index (χ3v) is 7.89. The summed E-state index contributed by atoms with van der Waals surface area (Å²) in [4.78, 5) is 0. The Balaban J connectivity index is 0.000000749. The quantitative estimate of drug-likeness (QED) is 0.333. The molecule has 0 fully saturated rings. The highest BCUT2D eigenvalue weighted by Crippen LogP contribution is 2.27. The van der Waals surface area contributed by atoms with Crippen LogP contribution in [0.25, 0.3) is 0 Å². The smallest absolute Gasteiger partial charge is 0.212 e. The number of rotatable bonds is 8. The Morgan fingerprint density at radius 2 is 1.38 bits per heavy atom. The highest BCUT2D eigenvalue weighted by Gasteiger charge is 2.29. The number of hydrogen-bond acceptors (Lipinski definition) is 2. The van der Waals surface area contributed by atoms with Crippen LogP contribution in [0.5, 0.6) is 0 Å². The summed E-state index contributed by atoms with van der Waals surface area (Å²) in [6.45, 7) is 10.9. The zero-order valence-electron chi connectivity index (χ0n) is 18.0. The fraction of sp³-hybridized carbons (Fsp3) is 0.478. The Labute approximate surface area is 194 Å². The van der Waals surface area contributed by atoms with E-state index in [2.05, 4.69) is 45.7 Å². The van der Waals surface area contributed by atoms with Gasteiger partial charge < -0.3 is 0 Å². The van der Waals surface area contributed by atoms with E-state index in [4.69, 9.17) is 0 Å². The average molecular weight is 547 g/mol. The van der Waals surface area contributed by atoms with Gasteiger partial charge in [0.15, 0.2) is 0 Å². The number of halogens is 2. The number of alkyl halides is 1. The Hall–Kier alpha value is -0.690. The average Bonchev–Trinajstić information content (AvgIpc) is 2.67. The third kappa shape index (κ3) is 9.77. The number of nitrogens with zero attached hydrogens (tertiary/aromatic N) is 1. The first kappa shape index (κ1) is 26.3. The van der Waals surface area contributed by atoms with Crippen molar-refractivity contribution in [2.45, 2.75) is 46.4 Å². The maximum atomic E-state index is 13.0. The lowest BCUT2D eigenvalue weighted by Crippen LogP contribution is -2.37. The van der Waals surface area contributed by atoms with Gasteiger partial charge >= 0.3 is 0 Å². The molecule has 0 aliphatic carbocycles. The van der Waals surface area contributed by atoms with Gasteiger partial charge in [-0.25, -0.2) is 8.42 Å². The summed E-state index contributed by atoms with van der Waals surface area (Å²) in [7, 11) is -3.41. The van der Waals surface area contributed by atoms with Crippen LogP contribution in [-0.4, -0.2) is 24.6 Å². The maximum Gasteiger partial charge on any atom is 0.218 e. The van der Waals surface area contributed by atoms with Gasteiger partial charge in [0.25, 0.3) is 0 Å². The molecule has 0 saturated heterocycles. The summed E-state index contributed by atoms with van der Waals surface area (Å²) in [5, 5.41) is 1.12. The first-order chi connectivity index (χ1) is 13.6. The monoisotopic (exact) mass is 545 g/mol. The predicted octanol–water partition coefficient (Wildman–Crippen LogP) is 7.04. The molecular formula is C23H33Br2NO2S. The van der Waals surface area contributed by atoms with Gasteiger partial charge in [-0.2, -0.15) is 4.31 Å². The van der Waals surface area contributed by atoms with Crippen LogP contribution in [-0.2, 0) is 15.8 Å². The molecule has 0 bridgehead atoms. The molecule has 2 aromatic carbocycles.